The molecule has 2 heterocycles. The van der Waals surface area contributed by atoms with Crippen molar-refractivity contribution >= 4 is 23.4 Å². The number of ether oxygens (including phenoxy) is 1. The number of thioether (sulfide) groups is 1. The van der Waals surface area contributed by atoms with Crippen molar-refractivity contribution < 1.29 is 14.6 Å². The molecule has 30 heavy (non-hydrogen) atoms. The summed E-state index contributed by atoms with van der Waals surface area (Å²) in [7, 11) is 0. The van der Waals surface area contributed by atoms with Crippen molar-refractivity contribution in [2.45, 2.75) is 26.2 Å². The van der Waals surface area contributed by atoms with Crippen molar-refractivity contribution in [3.05, 3.63) is 64.2 Å². The van der Waals surface area contributed by atoms with Gasteiger partial charge >= 0.3 is 0 Å². The Morgan fingerprint density at radius 2 is 2.13 bits per heavy atom. The second-order valence-corrected chi connectivity index (χ2v) is 8.30. The Balaban J connectivity index is 1.66. The van der Waals surface area contributed by atoms with Crippen molar-refractivity contribution in [2.75, 3.05) is 24.1 Å². The lowest BCUT2D eigenvalue weighted by Gasteiger charge is -2.42. The highest BCUT2D eigenvalue weighted by Crippen LogP contribution is 2.44. The van der Waals surface area contributed by atoms with Crippen LogP contribution in [0.5, 0.6) is 11.5 Å². The van der Waals surface area contributed by atoms with E-state index in [4.69, 9.17) is 4.74 Å². The third kappa shape index (κ3) is 3.71. The van der Waals surface area contributed by atoms with Crippen molar-refractivity contribution in [3.8, 4) is 17.6 Å². The molecule has 154 valence electrons. The number of phenols is 1. The Morgan fingerprint density at radius 1 is 1.30 bits per heavy atom. The maximum atomic E-state index is 13.1. The van der Waals surface area contributed by atoms with E-state index in [1.54, 1.807) is 23.1 Å². The lowest BCUT2D eigenvalue weighted by molar-refractivity contribution is -0.129. The number of amides is 1. The van der Waals surface area contributed by atoms with Gasteiger partial charge in [0.2, 0.25) is 5.91 Å². The second-order valence-electron chi connectivity index (χ2n) is 7.36. The predicted molar refractivity (Wildman–Crippen MR) is 117 cm³/mol. The van der Waals surface area contributed by atoms with Crippen molar-refractivity contribution in [1.82, 2.24) is 4.90 Å². The monoisotopic (exact) mass is 421 g/mol. The van der Waals surface area contributed by atoms with Gasteiger partial charge in [0, 0.05) is 18.0 Å². The number of nitrogens with zero attached hydrogens (tertiary/aromatic N) is 3. The SMILES string of the molecule is CCOc1cc([C@H]2CC(=O)N3CN(c4cccc(C)c4)CSC3=C2C#N)ccc1O. The summed E-state index contributed by atoms with van der Waals surface area (Å²) < 4.78 is 5.49. The standard InChI is InChI=1S/C23H23N3O3S/c1-3-29-21-10-16(7-8-20(21)27)18-11-22(28)26-13-25(14-30-23(26)19(18)12-24)17-6-4-5-15(2)9-17/h4-10,18,27H,3,11,13-14H2,1-2H3/t18-/m1/s1. The molecule has 0 aliphatic carbocycles. The molecule has 2 aliphatic heterocycles. The minimum absolute atomic E-state index is 0.00936. The van der Waals surface area contributed by atoms with E-state index < -0.39 is 0 Å². The summed E-state index contributed by atoms with van der Waals surface area (Å²) in [5.41, 5.74) is 3.63. The second kappa shape index (κ2) is 8.33. The molecular weight excluding hydrogens is 398 g/mol. The topological polar surface area (TPSA) is 76.8 Å². The molecule has 2 aromatic rings. The summed E-state index contributed by atoms with van der Waals surface area (Å²) in [4.78, 5) is 16.9. The molecule has 0 unspecified atom stereocenters. The average molecular weight is 422 g/mol. The van der Waals surface area contributed by atoms with Gasteiger partial charge in [0.1, 0.15) is 0 Å². The van der Waals surface area contributed by atoms with Crippen LogP contribution in [0.4, 0.5) is 5.69 Å². The van der Waals surface area contributed by atoms with Gasteiger partial charge < -0.3 is 14.7 Å². The number of carbonyl (C=O) groups excluding carboxylic acids is 1. The van der Waals surface area contributed by atoms with E-state index in [1.165, 1.54) is 17.3 Å². The Bertz CT molecular complexity index is 1060. The molecule has 0 radical (unpaired) electrons. The minimum atomic E-state index is -0.341. The number of anilines is 1. The van der Waals surface area contributed by atoms with Gasteiger partial charge in [-0.15, -0.1) is 0 Å². The third-order valence-electron chi connectivity index (χ3n) is 5.35. The molecule has 2 aliphatic rings. The lowest BCUT2D eigenvalue weighted by Crippen LogP contribution is -2.47. The normalized spacial score (nSPS) is 18.8. The van der Waals surface area contributed by atoms with Gasteiger partial charge in [-0.3, -0.25) is 9.69 Å². The van der Waals surface area contributed by atoms with Crippen LogP contribution in [0.25, 0.3) is 0 Å². The predicted octanol–water partition coefficient (Wildman–Crippen LogP) is 4.32. The quantitative estimate of drug-likeness (QED) is 0.792. The summed E-state index contributed by atoms with van der Waals surface area (Å²) in [6.45, 7) is 4.74. The molecule has 0 bridgehead atoms. The Hall–Kier alpha value is -3.11. The zero-order chi connectivity index (χ0) is 21.3. The number of carbonyl (C=O) groups is 1. The summed E-state index contributed by atoms with van der Waals surface area (Å²) in [6, 6.07) is 15.6. The average Bonchev–Trinajstić information content (AvgIpc) is 2.75. The van der Waals surface area contributed by atoms with Gasteiger partial charge in [-0.05, 0) is 49.2 Å². The van der Waals surface area contributed by atoms with Crippen LogP contribution in [-0.2, 0) is 4.79 Å². The number of aromatic hydroxyl groups is 1. The molecule has 1 N–H and O–H groups in total. The van der Waals surface area contributed by atoms with Crippen LogP contribution < -0.4 is 9.64 Å². The number of phenolic OH excluding ortho intramolecular Hbond substituents is 1. The van der Waals surface area contributed by atoms with Crippen LogP contribution in [0.15, 0.2) is 53.1 Å². The van der Waals surface area contributed by atoms with E-state index in [-0.39, 0.29) is 24.0 Å². The van der Waals surface area contributed by atoms with E-state index in [0.29, 0.717) is 30.5 Å². The van der Waals surface area contributed by atoms with Gasteiger partial charge in [-0.25, -0.2) is 0 Å². The fraction of sp³-hybridized carbons (Fsp3) is 0.304. The molecule has 2 aromatic carbocycles. The van der Waals surface area contributed by atoms with Crippen molar-refractivity contribution in [2.24, 2.45) is 0 Å². The number of rotatable bonds is 4. The maximum absolute atomic E-state index is 13.1. The number of aryl methyl sites for hydroxylation is 1. The molecule has 1 amide bonds. The molecule has 0 spiro atoms. The molecule has 0 aromatic heterocycles. The van der Waals surface area contributed by atoms with Crippen LogP contribution >= 0.6 is 11.8 Å². The summed E-state index contributed by atoms with van der Waals surface area (Å²) in [6.07, 6.45) is 0.213. The first-order valence-electron chi connectivity index (χ1n) is 9.86. The van der Waals surface area contributed by atoms with Gasteiger partial charge in [0.15, 0.2) is 11.5 Å². The van der Waals surface area contributed by atoms with Crippen LogP contribution in [0.3, 0.4) is 0 Å². The largest absolute Gasteiger partial charge is 0.504 e. The van der Waals surface area contributed by atoms with Gasteiger partial charge in [0.25, 0.3) is 0 Å². The molecule has 1 saturated heterocycles. The maximum Gasteiger partial charge on any atom is 0.229 e. The zero-order valence-electron chi connectivity index (χ0n) is 17.0. The highest BCUT2D eigenvalue weighted by molar-refractivity contribution is 8.03. The van der Waals surface area contributed by atoms with Gasteiger partial charge in [-0.1, -0.05) is 30.0 Å². The molecular formula is C23H23N3O3S. The summed E-state index contributed by atoms with van der Waals surface area (Å²) in [5, 5.41) is 20.7. The highest BCUT2D eigenvalue weighted by atomic mass is 32.2. The van der Waals surface area contributed by atoms with E-state index in [2.05, 4.69) is 17.0 Å². The van der Waals surface area contributed by atoms with Gasteiger partial charge in [0.05, 0.1) is 35.8 Å². The van der Waals surface area contributed by atoms with E-state index in [9.17, 15) is 15.2 Å². The molecule has 4 rings (SSSR count). The molecule has 6 nitrogen and oxygen atoms in total. The van der Waals surface area contributed by atoms with Crippen molar-refractivity contribution in [1.29, 1.82) is 5.26 Å². The Kier molecular flexibility index (Phi) is 5.60. The summed E-state index contributed by atoms with van der Waals surface area (Å²) in [5.74, 6) is 0.738. The molecule has 1 fully saturated rings. The number of allylic oxidation sites excluding steroid dienone is 1. The minimum Gasteiger partial charge on any atom is -0.504 e. The fourth-order valence-corrected chi connectivity index (χ4v) is 5.02. The van der Waals surface area contributed by atoms with Gasteiger partial charge in [-0.2, -0.15) is 5.26 Å². The molecule has 1 atom stereocenters. The number of hydrogen-bond acceptors (Lipinski definition) is 6. The highest BCUT2D eigenvalue weighted by Gasteiger charge is 2.38. The van der Waals surface area contributed by atoms with Crippen molar-refractivity contribution in [3.63, 3.8) is 0 Å². The van der Waals surface area contributed by atoms with Crippen LogP contribution in [0, 0.1) is 18.3 Å². The summed E-state index contributed by atoms with van der Waals surface area (Å²) >= 11 is 1.52. The smallest absolute Gasteiger partial charge is 0.229 e. The fourth-order valence-electron chi connectivity index (χ4n) is 3.85. The van der Waals surface area contributed by atoms with Crippen LogP contribution in [0.1, 0.15) is 30.4 Å². The molecule has 0 saturated carbocycles. The number of benzene rings is 2. The first kappa shape index (κ1) is 20.2. The number of hydrogen-bond donors (Lipinski definition) is 1. The van der Waals surface area contributed by atoms with E-state index in [0.717, 1.165) is 16.3 Å². The van der Waals surface area contributed by atoms with E-state index in [1.807, 2.05) is 32.0 Å². The zero-order valence-corrected chi connectivity index (χ0v) is 17.8. The number of nitriles is 1. The lowest BCUT2D eigenvalue weighted by atomic mass is 9.86. The first-order chi connectivity index (χ1) is 14.5. The van der Waals surface area contributed by atoms with Crippen LogP contribution in [0.2, 0.25) is 0 Å². The molecule has 7 heteroatoms. The Morgan fingerprint density at radius 3 is 2.87 bits per heavy atom. The van der Waals surface area contributed by atoms with E-state index >= 15 is 0 Å². The van der Waals surface area contributed by atoms with Crippen LogP contribution in [-0.4, -0.2) is 35.1 Å². The third-order valence-corrected chi connectivity index (χ3v) is 6.50. The first-order valence-corrected chi connectivity index (χ1v) is 10.8. The Labute approximate surface area is 180 Å². The number of fused-ring (bicyclic) bond motifs is 1.